The minimum absolute atomic E-state index is 0.450. The third-order valence-corrected chi connectivity index (χ3v) is 3.32. The van der Waals surface area contributed by atoms with E-state index in [2.05, 4.69) is 0 Å². The first-order valence-corrected chi connectivity index (χ1v) is 5.88. The Balaban J connectivity index is 2.25. The largest absolute Gasteiger partial charge is 0.478 e. The van der Waals surface area contributed by atoms with Crippen molar-refractivity contribution in [2.75, 3.05) is 0 Å². The number of carboxylic acid groups (broad SMARTS) is 1. The molecule has 4 nitrogen and oxygen atoms in total. The van der Waals surface area contributed by atoms with E-state index in [4.69, 9.17) is 10.5 Å². The molecule has 3 N–H and O–H groups in total. The van der Waals surface area contributed by atoms with Crippen molar-refractivity contribution in [2.24, 2.45) is 5.73 Å². The topological polar surface area (TPSA) is 72.5 Å². The maximum atomic E-state index is 11.5. The second-order valence-electron chi connectivity index (χ2n) is 4.46. The number of hydrogen-bond donors (Lipinski definition) is 2. The van der Waals surface area contributed by atoms with Crippen LogP contribution >= 0.6 is 0 Å². The molecule has 17 heavy (non-hydrogen) atoms. The van der Waals surface area contributed by atoms with Crippen molar-refractivity contribution in [3.05, 3.63) is 30.3 Å². The van der Waals surface area contributed by atoms with Crippen LogP contribution < -0.4 is 10.5 Å². The number of carboxylic acids is 1. The van der Waals surface area contributed by atoms with Crippen LogP contribution in [0.15, 0.2) is 30.3 Å². The van der Waals surface area contributed by atoms with E-state index in [9.17, 15) is 9.90 Å². The zero-order valence-electron chi connectivity index (χ0n) is 9.63. The smallest absolute Gasteiger partial charge is 0.349 e. The van der Waals surface area contributed by atoms with Crippen molar-refractivity contribution in [3.63, 3.8) is 0 Å². The van der Waals surface area contributed by atoms with Gasteiger partial charge in [-0.05, 0) is 31.4 Å². The first-order chi connectivity index (χ1) is 8.15. The van der Waals surface area contributed by atoms with Gasteiger partial charge in [0.1, 0.15) is 5.75 Å². The molecule has 1 saturated carbocycles. The van der Waals surface area contributed by atoms with Crippen LogP contribution in [0.25, 0.3) is 0 Å². The molecule has 2 rings (SSSR count). The predicted molar refractivity (Wildman–Crippen MR) is 63.9 cm³/mol. The van der Waals surface area contributed by atoms with E-state index in [0.29, 0.717) is 18.6 Å². The second kappa shape index (κ2) is 4.75. The lowest BCUT2D eigenvalue weighted by Crippen LogP contribution is -2.59. The van der Waals surface area contributed by atoms with Crippen LogP contribution in [0.2, 0.25) is 0 Å². The number of aliphatic carboxylic acids is 1. The number of benzene rings is 1. The van der Waals surface area contributed by atoms with Gasteiger partial charge in [0, 0.05) is 0 Å². The fourth-order valence-corrected chi connectivity index (χ4v) is 2.31. The summed E-state index contributed by atoms with van der Waals surface area (Å²) < 4.78 is 5.69. The summed E-state index contributed by atoms with van der Waals surface area (Å²) in [6.07, 6.45) is 2.97. The number of hydrogen-bond acceptors (Lipinski definition) is 3. The van der Waals surface area contributed by atoms with Gasteiger partial charge in [-0.3, -0.25) is 0 Å². The third-order valence-electron chi connectivity index (χ3n) is 3.32. The summed E-state index contributed by atoms with van der Waals surface area (Å²) in [5.41, 5.74) is 4.69. The van der Waals surface area contributed by atoms with E-state index in [1.54, 1.807) is 12.1 Å². The van der Waals surface area contributed by atoms with Crippen molar-refractivity contribution < 1.29 is 14.6 Å². The monoisotopic (exact) mass is 235 g/mol. The standard InChI is InChI=1S/C13H17NO3/c14-11-8-4-5-9-13(11,12(15)16)17-10-6-2-1-3-7-10/h1-3,6-7,11H,4-5,8-9,14H2,(H,15,16). The summed E-state index contributed by atoms with van der Waals surface area (Å²) in [6, 6.07) is 8.56. The zero-order valence-corrected chi connectivity index (χ0v) is 9.63. The van der Waals surface area contributed by atoms with Crippen LogP contribution in [0.3, 0.4) is 0 Å². The van der Waals surface area contributed by atoms with Crippen LogP contribution in [0, 0.1) is 0 Å². The van der Waals surface area contributed by atoms with E-state index in [1.807, 2.05) is 18.2 Å². The van der Waals surface area contributed by atoms with Crippen LogP contribution in [0.1, 0.15) is 25.7 Å². The molecule has 1 aromatic carbocycles. The summed E-state index contributed by atoms with van der Waals surface area (Å²) in [5, 5.41) is 9.42. The molecule has 1 fully saturated rings. The normalized spacial score (nSPS) is 28.6. The molecule has 1 aliphatic carbocycles. The van der Waals surface area contributed by atoms with E-state index in [0.717, 1.165) is 12.8 Å². The van der Waals surface area contributed by atoms with E-state index >= 15 is 0 Å². The van der Waals surface area contributed by atoms with Gasteiger partial charge >= 0.3 is 5.97 Å². The molecule has 0 aliphatic heterocycles. The van der Waals surface area contributed by atoms with Crippen molar-refractivity contribution in [1.29, 1.82) is 0 Å². The Morgan fingerprint density at radius 1 is 1.35 bits per heavy atom. The average Bonchev–Trinajstić information content (AvgIpc) is 2.33. The summed E-state index contributed by atoms with van der Waals surface area (Å²) >= 11 is 0. The number of nitrogens with two attached hydrogens (primary N) is 1. The van der Waals surface area contributed by atoms with Crippen molar-refractivity contribution in [1.82, 2.24) is 0 Å². The summed E-state index contributed by atoms with van der Waals surface area (Å²) in [6.45, 7) is 0. The van der Waals surface area contributed by atoms with Gasteiger partial charge < -0.3 is 15.6 Å². The van der Waals surface area contributed by atoms with Crippen molar-refractivity contribution in [2.45, 2.75) is 37.3 Å². The molecule has 1 aliphatic rings. The summed E-state index contributed by atoms with van der Waals surface area (Å²) in [4.78, 5) is 11.5. The predicted octanol–water partition coefficient (Wildman–Crippen LogP) is 1.79. The molecular formula is C13H17NO3. The highest BCUT2D eigenvalue weighted by molar-refractivity contribution is 5.79. The lowest BCUT2D eigenvalue weighted by molar-refractivity contribution is -0.160. The Morgan fingerprint density at radius 2 is 2.06 bits per heavy atom. The fraction of sp³-hybridized carbons (Fsp3) is 0.462. The van der Waals surface area contributed by atoms with Gasteiger partial charge in [0.25, 0.3) is 0 Å². The van der Waals surface area contributed by atoms with E-state index < -0.39 is 17.6 Å². The van der Waals surface area contributed by atoms with Crippen LogP contribution in [0.5, 0.6) is 5.75 Å². The molecule has 0 saturated heterocycles. The Hall–Kier alpha value is -1.55. The summed E-state index contributed by atoms with van der Waals surface area (Å²) in [7, 11) is 0. The maximum absolute atomic E-state index is 11.5. The van der Waals surface area contributed by atoms with Gasteiger partial charge in [-0.15, -0.1) is 0 Å². The molecule has 4 heteroatoms. The minimum Gasteiger partial charge on any atom is -0.478 e. The van der Waals surface area contributed by atoms with Gasteiger partial charge in [-0.25, -0.2) is 4.79 Å². The Bertz CT molecular complexity index is 393. The summed E-state index contributed by atoms with van der Waals surface area (Å²) in [5.74, 6) is -0.402. The molecule has 0 radical (unpaired) electrons. The Labute approximate surface area is 100 Å². The molecule has 2 atom stereocenters. The molecule has 0 heterocycles. The fourth-order valence-electron chi connectivity index (χ4n) is 2.31. The first kappa shape index (κ1) is 11.9. The number of ether oxygens (including phenoxy) is 1. The Morgan fingerprint density at radius 3 is 2.65 bits per heavy atom. The van der Waals surface area contributed by atoms with E-state index in [1.165, 1.54) is 0 Å². The lowest BCUT2D eigenvalue weighted by atomic mass is 9.80. The SMILES string of the molecule is NC1CCCCC1(Oc1ccccc1)C(=O)O. The number of rotatable bonds is 3. The highest BCUT2D eigenvalue weighted by Gasteiger charge is 2.48. The Kier molecular flexibility index (Phi) is 3.33. The number of carbonyl (C=O) groups is 1. The number of para-hydroxylation sites is 1. The zero-order chi connectivity index (χ0) is 12.3. The lowest BCUT2D eigenvalue weighted by Gasteiger charge is -2.38. The molecular weight excluding hydrogens is 218 g/mol. The van der Waals surface area contributed by atoms with Crippen LogP contribution in [-0.4, -0.2) is 22.7 Å². The van der Waals surface area contributed by atoms with Gasteiger partial charge in [-0.1, -0.05) is 24.6 Å². The molecule has 0 amide bonds. The minimum atomic E-state index is -1.26. The quantitative estimate of drug-likeness (QED) is 0.837. The highest BCUT2D eigenvalue weighted by Crippen LogP contribution is 2.32. The molecule has 0 aromatic heterocycles. The van der Waals surface area contributed by atoms with Gasteiger partial charge in [-0.2, -0.15) is 0 Å². The molecule has 0 spiro atoms. The molecule has 2 unspecified atom stereocenters. The van der Waals surface area contributed by atoms with Crippen molar-refractivity contribution in [3.8, 4) is 5.75 Å². The first-order valence-electron chi connectivity index (χ1n) is 5.88. The third kappa shape index (κ3) is 2.26. The maximum Gasteiger partial charge on any atom is 0.349 e. The molecule has 0 bridgehead atoms. The molecule has 1 aromatic rings. The van der Waals surface area contributed by atoms with E-state index in [-0.39, 0.29) is 0 Å². The van der Waals surface area contributed by atoms with Crippen LogP contribution in [-0.2, 0) is 4.79 Å². The molecule has 92 valence electrons. The van der Waals surface area contributed by atoms with Gasteiger partial charge in [0.05, 0.1) is 6.04 Å². The second-order valence-corrected chi connectivity index (χ2v) is 4.46. The highest BCUT2D eigenvalue weighted by atomic mass is 16.5. The van der Waals surface area contributed by atoms with Crippen LogP contribution in [0.4, 0.5) is 0 Å². The van der Waals surface area contributed by atoms with Gasteiger partial charge in [0.15, 0.2) is 0 Å². The van der Waals surface area contributed by atoms with Crippen molar-refractivity contribution >= 4 is 5.97 Å². The average molecular weight is 235 g/mol. The van der Waals surface area contributed by atoms with Gasteiger partial charge in [0.2, 0.25) is 5.60 Å².